The predicted molar refractivity (Wildman–Crippen MR) is 83.6 cm³/mol. The van der Waals surface area contributed by atoms with Crippen LogP contribution in [-0.4, -0.2) is 53.7 Å². The normalized spacial score (nSPS) is 12.0. The molecule has 0 aromatic heterocycles. The average molecular weight is 315 g/mol. The second-order valence-electron chi connectivity index (χ2n) is 5.00. The van der Waals surface area contributed by atoms with Crippen molar-refractivity contribution in [3.8, 4) is 0 Å². The highest BCUT2D eigenvalue weighted by molar-refractivity contribution is 7.89. The van der Waals surface area contributed by atoms with Gasteiger partial charge in [-0.15, -0.1) is 0 Å². The summed E-state index contributed by atoms with van der Waals surface area (Å²) in [6, 6.07) is 5.15. The van der Waals surface area contributed by atoms with Crippen LogP contribution in [0.15, 0.2) is 23.1 Å². The number of likely N-dealkylation sites (N-methyl/N-ethyl adjacent to an activating group) is 1. The number of nitrogens with one attached hydrogen (secondary N) is 1. The van der Waals surface area contributed by atoms with Gasteiger partial charge in [0.1, 0.15) is 0 Å². The number of nitrogens with zero attached hydrogens (tertiary/aromatic N) is 1. The van der Waals surface area contributed by atoms with E-state index in [2.05, 4.69) is 4.72 Å². The van der Waals surface area contributed by atoms with E-state index in [0.29, 0.717) is 36.7 Å². The maximum atomic E-state index is 12.3. The lowest BCUT2D eigenvalue weighted by Crippen LogP contribution is -2.34. The van der Waals surface area contributed by atoms with Gasteiger partial charge in [0, 0.05) is 33.3 Å². The van der Waals surface area contributed by atoms with E-state index in [4.69, 9.17) is 10.5 Å². The molecule has 0 amide bonds. The fourth-order valence-corrected chi connectivity index (χ4v) is 3.19. The lowest BCUT2D eigenvalue weighted by atomic mass is 10.1. The summed E-state index contributed by atoms with van der Waals surface area (Å²) in [4.78, 5) is 2.32. The molecular formula is C14H25N3O3S. The number of ether oxygens (including phenoxy) is 1. The minimum atomic E-state index is -3.48. The first-order valence-electron chi connectivity index (χ1n) is 6.87. The van der Waals surface area contributed by atoms with Gasteiger partial charge in [0.2, 0.25) is 10.0 Å². The van der Waals surface area contributed by atoms with Gasteiger partial charge in [-0.05, 0) is 31.2 Å². The number of benzene rings is 1. The topological polar surface area (TPSA) is 84.7 Å². The van der Waals surface area contributed by atoms with Gasteiger partial charge in [0.15, 0.2) is 0 Å². The molecule has 0 saturated carbocycles. The average Bonchev–Trinajstić information content (AvgIpc) is 2.44. The number of nitrogens with two attached hydrogens (primary N) is 1. The molecule has 0 fully saturated rings. The summed E-state index contributed by atoms with van der Waals surface area (Å²) in [5, 5.41) is 0. The molecule has 0 saturated heterocycles. The van der Waals surface area contributed by atoms with Crippen LogP contribution >= 0.6 is 0 Å². The Kier molecular flexibility index (Phi) is 7.27. The Labute approximate surface area is 127 Å². The highest BCUT2D eigenvalue weighted by atomic mass is 32.2. The molecule has 0 radical (unpaired) electrons. The maximum Gasteiger partial charge on any atom is 0.240 e. The van der Waals surface area contributed by atoms with Crippen LogP contribution in [0.1, 0.15) is 11.1 Å². The molecule has 0 atom stereocenters. The predicted octanol–water partition coefficient (Wildman–Crippen LogP) is 0.310. The Hall–Kier alpha value is -0.990. The van der Waals surface area contributed by atoms with Crippen molar-refractivity contribution in [2.24, 2.45) is 5.73 Å². The first-order valence-corrected chi connectivity index (χ1v) is 8.35. The Morgan fingerprint density at radius 3 is 2.62 bits per heavy atom. The van der Waals surface area contributed by atoms with E-state index in [0.717, 1.165) is 12.1 Å². The minimum absolute atomic E-state index is 0.305. The van der Waals surface area contributed by atoms with E-state index in [1.165, 1.54) is 0 Å². The zero-order valence-electron chi connectivity index (χ0n) is 12.9. The second kappa shape index (κ2) is 8.45. The third-order valence-corrected chi connectivity index (χ3v) is 4.85. The van der Waals surface area contributed by atoms with Crippen molar-refractivity contribution in [1.82, 2.24) is 9.62 Å². The molecule has 0 heterocycles. The van der Waals surface area contributed by atoms with Crippen LogP contribution in [0, 0.1) is 6.92 Å². The van der Waals surface area contributed by atoms with E-state index in [-0.39, 0.29) is 0 Å². The summed E-state index contributed by atoms with van der Waals surface area (Å²) in [5.74, 6) is 0. The maximum absolute atomic E-state index is 12.3. The molecule has 1 rings (SSSR count). The lowest BCUT2D eigenvalue weighted by Gasteiger charge is -2.16. The molecular weight excluding hydrogens is 290 g/mol. The van der Waals surface area contributed by atoms with E-state index in [1.54, 1.807) is 32.2 Å². The molecule has 0 aliphatic heterocycles. The molecule has 120 valence electrons. The molecule has 3 N–H and O–H groups in total. The Morgan fingerprint density at radius 2 is 2.05 bits per heavy atom. The standard InChI is InChI=1S/C14H25N3O3S/c1-12-10-13(11-15)4-5-14(12)21(18,19)16-6-7-17(2)8-9-20-3/h4-5,10,16H,6-9,11,15H2,1-3H3. The van der Waals surface area contributed by atoms with Gasteiger partial charge in [0.25, 0.3) is 0 Å². The van der Waals surface area contributed by atoms with Gasteiger partial charge in [-0.1, -0.05) is 12.1 Å². The minimum Gasteiger partial charge on any atom is -0.383 e. The van der Waals surface area contributed by atoms with Crippen LogP contribution in [0.4, 0.5) is 0 Å². The third-order valence-electron chi connectivity index (χ3n) is 3.23. The van der Waals surface area contributed by atoms with Crippen LogP contribution in [-0.2, 0) is 21.3 Å². The third kappa shape index (κ3) is 5.72. The quantitative estimate of drug-likeness (QED) is 0.685. The van der Waals surface area contributed by atoms with Crippen molar-refractivity contribution in [3.63, 3.8) is 0 Å². The van der Waals surface area contributed by atoms with Crippen LogP contribution in [0.25, 0.3) is 0 Å². The van der Waals surface area contributed by atoms with Crippen molar-refractivity contribution in [3.05, 3.63) is 29.3 Å². The number of methoxy groups -OCH3 is 1. The zero-order chi connectivity index (χ0) is 15.9. The lowest BCUT2D eigenvalue weighted by molar-refractivity contribution is 0.162. The largest absolute Gasteiger partial charge is 0.383 e. The van der Waals surface area contributed by atoms with Gasteiger partial charge < -0.3 is 15.4 Å². The molecule has 0 spiro atoms. The van der Waals surface area contributed by atoms with Crippen molar-refractivity contribution < 1.29 is 13.2 Å². The number of rotatable bonds is 9. The fourth-order valence-electron chi connectivity index (χ4n) is 1.95. The van der Waals surface area contributed by atoms with E-state index in [1.807, 2.05) is 11.9 Å². The van der Waals surface area contributed by atoms with Crippen molar-refractivity contribution >= 4 is 10.0 Å². The second-order valence-corrected chi connectivity index (χ2v) is 6.73. The molecule has 6 nitrogen and oxygen atoms in total. The fraction of sp³-hybridized carbons (Fsp3) is 0.571. The summed E-state index contributed by atoms with van der Waals surface area (Å²) >= 11 is 0. The summed E-state index contributed by atoms with van der Waals surface area (Å²) in [6.45, 7) is 4.56. The molecule has 0 aliphatic carbocycles. The van der Waals surface area contributed by atoms with Gasteiger partial charge in [0.05, 0.1) is 11.5 Å². The van der Waals surface area contributed by atoms with Crippen molar-refractivity contribution in [2.45, 2.75) is 18.4 Å². The van der Waals surface area contributed by atoms with Gasteiger partial charge >= 0.3 is 0 Å². The summed E-state index contributed by atoms with van der Waals surface area (Å²) in [7, 11) is 0.0876. The van der Waals surface area contributed by atoms with Crippen molar-refractivity contribution in [1.29, 1.82) is 0 Å². The number of aryl methyl sites for hydroxylation is 1. The van der Waals surface area contributed by atoms with Gasteiger partial charge in [-0.3, -0.25) is 0 Å². The van der Waals surface area contributed by atoms with Crippen LogP contribution in [0.5, 0.6) is 0 Å². The van der Waals surface area contributed by atoms with E-state index < -0.39 is 10.0 Å². The van der Waals surface area contributed by atoms with Crippen LogP contribution < -0.4 is 10.5 Å². The molecule has 7 heteroatoms. The smallest absolute Gasteiger partial charge is 0.240 e. The van der Waals surface area contributed by atoms with Crippen LogP contribution in [0.2, 0.25) is 0 Å². The van der Waals surface area contributed by atoms with E-state index >= 15 is 0 Å². The van der Waals surface area contributed by atoms with E-state index in [9.17, 15) is 8.42 Å². The summed E-state index contributed by atoms with van der Waals surface area (Å²) in [6.07, 6.45) is 0. The number of sulfonamides is 1. The zero-order valence-corrected chi connectivity index (χ0v) is 13.7. The summed E-state index contributed by atoms with van der Waals surface area (Å²) < 4.78 is 32.1. The first kappa shape index (κ1) is 18.1. The first-order chi connectivity index (χ1) is 9.90. The van der Waals surface area contributed by atoms with Crippen LogP contribution in [0.3, 0.4) is 0 Å². The molecule has 0 bridgehead atoms. The SMILES string of the molecule is COCCN(C)CCNS(=O)(=O)c1ccc(CN)cc1C. The highest BCUT2D eigenvalue weighted by Crippen LogP contribution is 2.16. The monoisotopic (exact) mass is 315 g/mol. The molecule has 1 aromatic carbocycles. The number of hydrogen-bond acceptors (Lipinski definition) is 5. The van der Waals surface area contributed by atoms with Gasteiger partial charge in [-0.2, -0.15) is 0 Å². The molecule has 21 heavy (non-hydrogen) atoms. The Balaban J connectivity index is 2.61. The molecule has 1 aromatic rings. The number of hydrogen-bond donors (Lipinski definition) is 2. The Bertz CT molecular complexity index is 546. The van der Waals surface area contributed by atoms with Gasteiger partial charge in [-0.25, -0.2) is 13.1 Å². The van der Waals surface area contributed by atoms with Crippen molar-refractivity contribution in [2.75, 3.05) is 40.4 Å². The Morgan fingerprint density at radius 1 is 1.33 bits per heavy atom. The summed E-state index contributed by atoms with van der Waals surface area (Å²) in [5.41, 5.74) is 7.18. The molecule has 0 aliphatic rings. The highest BCUT2D eigenvalue weighted by Gasteiger charge is 2.16. The molecule has 0 unspecified atom stereocenters.